The van der Waals surface area contributed by atoms with Gasteiger partial charge in [0.1, 0.15) is 19.7 Å². The van der Waals surface area contributed by atoms with Gasteiger partial charge in [-0.2, -0.15) is 26.3 Å². The number of halogens is 6. The molecular formula is C11H15F6N2O5S2-. The largest absolute Gasteiger partial charge is 0.469 e. The quantitative estimate of drug-likeness (QED) is 0.263. The van der Waals surface area contributed by atoms with Crippen LogP contribution in [-0.4, -0.2) is 46.5 Å². The first-order chi connectivity index (χ1) is 11.5. The Balaban J connectivity index is 5.60. The van der Waals surface area contributed by atoms with Crippen molar-refractivity contribution in [2.24, 2.45) is 0 Å². The Morgan fingerprint density at radius 1 is 1.08 bits per heavy atom. The smallest absolute Gasteiger partial charge is 0.338 e. The monoisotopic (exact) mass is 433 g/mol. The van der Waals surface area contributed by atoms with E-state index in [0.29, 0.717) is 6.42 Å². The molecule has 0 aromatic carbocycles. The third-order valence-corrected chi connectivity index (χ3v) is 6.76. The molecule has 26 heavy (non-hydrogen) atoms. The molecule has 2 amide bonds. The molecule has 0 bridgehead atoms. The molecule has 0 spiro atoms. The maximum absolute atomic E-state index is 12.6. The van der Waals surface area contributed by atoms with Crippen LogP contribution in [0.15, 0.2) is 12.7 Å². The Kier molecular flexibility index (Phi) is 7.96. The number of nitrogens with one attached hydrogen (secondary N) is 2. The molecule has 0 saturated carbocycles. The van der Waals surface area contributed by atoms with E-state index in [9.17, 15) is 48.0 Å². The first-order valence-corrected chi connectivity index (χ1v) is 9.59. The SMILES string of the molecule is C=CCCNC(=O)NC(C)C[C-](S(=O)(=O)C(F)(F)F)S(=O)(=O)C(F)(F)F. The Morgan fingerprint density at radius 3 is 1.85 bits per heavy atom. The number of sulfone groups is 2. The lowest BCUT2D eigenvalue weighted by Crippen LogP contribution is -2.45. The molecule has 15 heteroatoms. The molecular weight excluding hydrogens is 418 g/mol. The highest BCUT2D eigenvalue weighted by atomic mass is 32.3. The number of hydrogen-bond donors (Lipinski definition) is 2. The number of carbonyl (C=O) groups is 1. The first-order valence-electron chi connectivity index (χ1n) is 6.62. The molecule has 0 fully saturated rings. The Morgan fingerprint density at radius 2 is 1.50 bits per heavy atom. The van der Waals surface area contributed by atoms with Gasteiger partial charge in [-0.3, -0.25) is 16.8 Å². The molecule has 0 aromatic heterocycles. The van der Waals surface area contributed by atoms with Crippen molar-refractivity contribution >= 4 is 25.7 Å². The standard InChI is InChI=1S/C11H15F6N2O5S2/c1-3-4-5-18-9(20)19-7(2)6-8(25(21,22)10(12,13)14)26(23,24)11(15,16)17/h3,7H,1,4-6H2,2H3,(H2,18,19,20)/q-1. The van der Waals surface area contributed by atoms with E-state index >= 15 is 0 Å². The zero-order valence-electron chi connectivity index (χ0n) is 13.1. The van der Waals surface area contributed by atoms with Crippen LogP contribution in [0.2, 0.25) is 0 Å². The van der Waals surface area contributed by atoms with Crippen molar-refractivity contribution in [1.29, 1.82) is 0 Å². The third-order valence-electron chi connectivity index (χ3n) is 2.69. The summed E-state index contributed by atoms with van der Waals surface area (Å²) < 4.78 is 118. The molecule has 0 aromatic rings. The zero-order chi connectivity index (χ0) is 21.0. The minimum Gasteiger partial charge on any atom is -0.338 e. The van der Waals surface area contributed by atoms with Crippen molar-refractivity contribution in [3.8, 4) is 0 Å². The summed E-state index contributed by atoms with van der Waals surface area (Å²) in [6, 6.07) is -2.73. The predicted molar refractivity (Wildman–Crippen MR) is 78.6 cm³/mol. The van der Waals surface area contributed by atoms with E-state index in [1.165, 1.54) is 6.08 Å². The fraction of sp³-hybridized carbons (Fsp3) is 0.636. The van der Waals surface area contributed by atoms with E-state index in [0.717, 1.165) is 6.92 Å². The van der Waals surface area contributed by atoms with Gasteiger partial charge in [-0.1, -0.05) is 10.7 Å². The second-order valence-electron chi connectivity index (χ2n) is 4.85. The molecule has 154 valence electrons. The van der Waals surface area contributed by atoms with Crippen LogP contribution in [0.5, 0.6) is 0 Å². The van der Waals surface area contributed by atoms with Crippen LogP contribution in [0.25, 0.3) is 0 Å². The van der Waals surface area contributed by atoms with Crippen molar-refractivity contribution in [2.45, 2.75) is 36.8 Å². The number of alkyl halides is 6. The van der Waals surface area contributed by atoms with Crippen molar-refractivity contribution in [3.63, 3.8) is 0 Å². The Bertz CT molecular complexity index is 670. The van der Waals surface area contributed by atoms with E-state index < -0.39 is 53.8 Å². The van der Waals surface area contributed by atoms with E-state index in [1.54, 1.807) is 0 Å². The summed E-state index contributed by atoms with van der Waals surface area (Å²) in [6.07, 6.45) is -0.0377. The summed E-state index contributed by atoms with van der Waals surface area (Å²) in [5, 5.41) is 4.00. The molecule has 1 unspecified atom stereocenters. The average Bonchev–Trinajstić information content (AvgIpc) is 2.42. The van der Waals surface area contributed by atoms with Gasteiger partial charge in [-0.05, 0) is 13.3 Å². The van der Waals surface area contributed by atoms with Crippen molar-refractivity contribution in [2.75, 3.05) is 6.54 Å². The third kappa shape index (κ3) is 6.03. The van der Waals surface area contributed by atoms with Gasteiger partial charge >= 0.3 is 17.0 Å². The number of urea groups is 1. The van der Waals surface area contributed by atoms with Gasteiger partial charge in [0, 0.05) is 12.6 Å². The highest BCUT2D eigenvalue weighted by molar-refractivity contribution is 8.13. The predicted octanol–water partition coefficient (Wildman–Crippen LogP) is 2.00. The maximum atomic E-state index is 12.6. The van der Waals surface area contributed by atoms with Crippen LogP contribution < -0.4 is 10.6 Å². The molecule has 7 nitrogen and oxygen atoms in total. The molecule has 1 atom stereocenters. The lowest BCUT2D eigenvalue weighted by Gasteiger charge is -2.33. The van der Waals surface area contributed by atoms with Crippen LogP contribution in [0.1, 0.15) is 19.8 Å². The summed E-state index contributed by atoms with van der Waals surface area (Å²) >= 11 is 0. The van der Waals surface area contributed by atoms with Crippen LogP contribution in [0.3, 0.4) is 0 Å². The van der Waals surface area contributed by atoms with Gasteiger partial charge in [0.25, 0.3) is 0 Å². The van der Waals surface area contributed by atoms with Crippen molar-refractivity contribution in [1.82, 2.24) is 10.6 Å². The second-order valence-corrected chi connectivity index (χ2v) is 9.04. The molecule has 0 radical (unpaired) electrons. The Hall–Kier alpha value is -1.51. The summed E-state index contributed by atoms with van der Waals surface area (Å²) in [4.78, 5) is 11.4. The van der Waals surface area contributed by atoms with Crippen molar-refractivity contribution < 1.29 is 48.0 Å². The number of rotatable bonds is 8. The van der Waals surface area contributed by atoms with Crippen molar-refractivity contribution in [3.05, 3.63) is 17.2 Å². The van der Waals surface area contributed by atoms with E-state index in [2.05, 4.69) is 11.9 Å². The summed E-state index contributed by atoms with van der Waals surface area (Å²) in [6.45, 7) is 4.20. The molecule has 0 aliphatic heterocycles. The number of hydrogen-bond acceptors (Lipinski definition) is 5. The summed E-state index contributed by atoms with van der Waals surface area (Å²) in [5.41, 5.74) is -12.5. The minimum atomic E-state index is -6.81. The molecule has 0 aliphatic carbocycles. The van der Waals surface area contributed by atoms with Gasteiger partial charge < -0.3 is 10.6 Å². The van der Waals surface area contributed by atoms with Crippen LogP contribution >= 0.6 is 0 Å². The summed E-state index contributed by atoms with van der Waals surface area (Å²) in [5.74, 6) is 0. The van der Waals surface area contributed by atoms with E-state index in [1.807, 2.05) is 5.32 Å². The lowest BCUT2D eigenvalue weighted by molar-refractivity contribution is -0.0456. The lowest BCUT2D eigenvalue weighted by atomic mass is 10.2. The topological polar surface area (TPSA) is 109 Å². The fourth-order valence-corrected chi connectivity index (χ4v) is 4.66. The highest BCUT2D eigenvalue weighted by Crippen LogP contribution is 2.42. The molecule has 0 rings (SSSR count). The normalized spacial score (nSPS) is 14.8. The van der Waals surface area contributed by atoms with Crippen LogP contribution in [0, 0.1) is 4.58 Å². The fourth-order valence-electron chi connectivity index (χ4n) is 1.49. The van der Waals surface area contributed by atoms with Crippen LogP contribution in [0.4, 0.5) is 31.1 Å². The minimum absolute atomic E-state index is 0.0281. The van der Waals surface area contributed by atoms with Gasteiger partial charge in [0.15, 0.2) is 0 Å². The molecule has 0 saturated heterocycles. The van der Waals surface area contributed by atoms with Crippen LogP contribution in [-0.2, 0) is 19.7 Å². The van der Waals surface area contributed by atoms with Gasteiger partial charge in [-0.25, -0.2) is 4.79 Å². The van der Waals surface area contributed by atoms with E-state index in [-0.39, 0.29) is 6.54 Å². The Labute approximate surface area is 145 Å². The zero-order valence-corrected chi connectivity index (χ0v) is 14.7. The van der Waals surface area contributed by atoms with Gasteiger partial charge in [-0.15, -0.1) is 13.0 Å². The maximum Gasteiger partial charge on any atom is 0.469 e. The molecule has 0 aliphatic rings. The average molecular weight is 433 g/mol. The number of amides is 2. The van der Waals surface area contributed by atoms with Gasteiger partial charge in [0.05, 0.1) is 0 Å². The first kappa shape index (κ1) is 24.5. The molecule has 2 N–H and O–H groups in total. The molecule has 0 heterocycles. The summed E-state index contributed by atoms with van der Waals surface area (Å²) in [7, 11) is -13.6. The second kappa shape index (κ2) is 8.45. The van der Waals surface area contributed by atoms with Gasteiger partial charge in [0.2, 0.25) is 0 Å². The number of carbonyl (C=O) groups excluding carboxylic acids is 1. The van der Waals surface area contributed by atoms with E-state index in [4.69, 9.17) is 0 Å². The highest BCUT2D eigenvalue weighted by Gasteiger charge is 2.53.